The number of carbonyl (C=O) groups excluding carboxylic acids is 1. The zero-order chi connectivity index (χ0) is 18.7. The lowest BCUT2D eigenvalue weighted by atomic mass is 10.1. The lowest BCUT2D eigenvalue weighted by molar-refractivity contribution is -0.122. The Morgan fingerprint density at radius 1 is 1.15 bits per heavy atom. The second kappa shape index (κ2) is 7.61. The zero-order valence-corrected chi connectivity index (χ0v) is 15.8. The van der Waals surface area contributed by atoms with Crippen LogP contribution < -0.4 is 10.9 Å². The van der Waals surface area contributed by atoms with Crippen LogP contribution in [0.1, 0.15) is 21.8 Å². The molecule has 0 saturated heterocycles. The van der Waals surface area contributed by atoms with Crippen molar-refractivity contribution in [1.82, 2.24) is 20.1 Å². The van der Waals surface area contributed by atoms with Crippen LogP contribution in [-0.2, 0) is 17.9 Å². The average molecular weight is 368 g/mol. The number of rotatable bonds is 5. The fourth-order valence-electron chi connectivity index (χ4n) is 2.56. The van der Waals surface area contributed by atoms with Gasteiger partial charge in [-0.15, -0.1) is 11.3 Å². The molecular formula is C19H20N4O2S. The smallest absolute Gasteiger partial charge is 0.267 e. The predicted molar refractivity (Wildman–Crippen MR) is 102 cm³/mol. The summed E-state index contributed by atoms with van der Waals surface area (Å²) < 4.78 is 1.17. The largest absolute Gasteiger partial charge is 0.350 e. The lowest BCUT2D eigenvalue weighted by Gasteiger charge is -2.06. The Hall–Kier alpha value is -2.80. The molecule has 0 saturated carbocycles. The topological polar surface area (TPSA) is 76.9 Å². The molecule has 6 nitrogen and oxygen atoms in total. The highest BCUT2D eigenvalue weighted by Gasteiger charge is 2.12. The summed E-state index contributed by atoms with van der Waals surface area (Å²) in [6.45, 7) is 6.06. The Labute approximate surface area is 155 Å². The van der Waals surface area contributed by atoms with Gasteiger partial charge in [0.25, 0.3) is 5.56 Å². The SMILES string of the molecule is Cc1ccc(=O)n(CC(=O)NCc2sc(-c3ccccc3C)nc2C)n1. The van der Waals surface area contributed by atoms with Gasteiger partial charge in [-0.3, -0.25) is 9.59 Å². The van der Waals surface area contributed by atoms with Crippen molar-refractivity contribution in [2.75, 3.05) is 0 Å². The van der Waals surface area contributed by atoms with E-state index in [9.17, 15) is 9.59 Å². The molecule has 26 heavy (non-hydrogen) atoms. The van der Waals surface area contributed by atoms with Gasteiger partial charge in [0.1, 0.15) is 11.6 Å². The van der Waals surface area contributed by atoms with Gasteiger partial charge in [-0.25, -0.2) is 9.67 Å². The summed E-state index contributed by atoms with van der Waals surface area (Å²) in [5.74, 6) is -0.254. The Balaban J connectivity index is 1.68. The molecule has 134 valence electrons. The third-order valence-electron chi connectivity index (χ3n) is 4.01. The number of amides is 1. The molecule has 0 unspecified atom stereocenters. The monoisotopic (exact) mass is 368 g/mol. The summed E-state index contributed by atoms with van der Waals surface area (Å²) in [5.41, 5.74) is 3.58. The number of carbonyl (C=O) groups is 1. The van der Waals surface area contributed by atoms with Gasteiger partial charge in [-0.2, -0.15) is 5.10 Å². The summed E-state index contributed by atoms with van der Waals surface area (Å²) in [6.07, 6.45) is 0. The van der Waals surface area contributed by atoms with E-state index in [1.807, 2.05) is 25.1 Å². The van der Waals surface area contributed by atoms with Gasteiger partial charge in [0.2, 0.25) is 5.91 Å². The van der Waals surface area contributed by atoms with E-state index < -0.39 is 0 Å². The maximum atomic E-state index is 12.2. The number of aryl methyl sites for hydroxylation is 3. The number of nitrogens with zero attached hydrogens (tertiary/aromatic N) is 3. The molecule has 7 heteroatoms. The van der Waals surface area contributed by atoms with Crippen LogP contribution in [0.15, 0.2) is 41.2 Å². The first-order chi connectivity index (χ1) is 12.4. The highest BCUT2D eigenvalue weighted by atomic mass is 32.1. The molecular weight excluding hydrogens is 348 g/mol. The summed E-state index contributed by atoms with van der Waals surface area (Å²) in [6, 6.07) is 11.1. The Morgan fingerprint density at radius 2 is 1.92 bits per heavy atom. The highest BCUT2D eigenvalue weighted by Crippen LogP contribution is 2.29. The van der Waals surface area contributed by atoms with E-state index in [2.05, 4.69) is 28.4 Å². The maximum Gasteiger partial charge on any atom is 0.267 e. The van der Waals surface area contributed by atoms with Gasteiger partial charge >= 0.3 is 0 Å². The van der Waals surface area contributed by atoms with E-state index in [4.69, 9.17) is 0 Å². The molecule has 0 aliphatic rings. The number of benzene rings is 1. The van der Waals surface area contributed by atoms with Gasteiger partial charge in [-0.1, -0.05) is 24.3 Å². The summed E-state index contributed by atoms with van der Waals surface area (Å²) in [5, 5.41) is 7.86. The molecule has 1 N–H and O–H groups in total. The molecule has 0 radical (unpaired) electrons. The fourth-order valence-corrected chi connectivity index (χ4v) is 3.65. The van der Waals surface area contributed by atoms with Gasteiger partial charge in [0.15, 0.2) is 0 Å². The van der Waals surface area contributed by atoms with E-state index in [0.29, 0.717) is 12.2 Å². The minimum absolute atomic E-state index is 0.0942. The van der Waals surface area contributed by atoms with Crippen LogP contribution in [0.25, 0.3) is 10.6 Å². The third-order valence-corrected chi connectivity index (χ3v) is 5.20. The molecule has 2 heterocycles. The second-order valence-electron chi connectivity index (χ2n) is 6.09. The van der Waals surface area contributed by atoms with Crippen LogP contribution >= 0.6 is 11.3 Å². The molecule has 2 aromatic heterocycles. The number of hydrogen-bond acceptors (Lipinski definition) is 5. The van der Waals surface area contributed by atoms with E-state index in [1.54, 1.807) is 24.3 Å². The second-order valence-corrected chi connectivity index (χ2v) is 7.17. The first-order valence-electron chi connectivity index (χ1n) is 8.28. The highest BCUT2D eigenvalue weighted by molar-refractivity contribution is 7.15. The molecule has 0 aliphatic heterocycles. The first kappa shape index (κ1) is 18.0. The Morgan fingerprint density at radius 3 is 2.69 bits per heavy atom. The number of thiazole rings is 1. The minimum Gasteiger partial charge on any atom is -0.350 e. The summed E-state index contributed by atoms with van der Waals surface area (Å²) >= 11 is 1.57. The Bertz CT molecular complexity index is 1010. The molecule has 3 rings (SSSR count). The van der Waals surface area contributed by atoms with Gasteiger partial charge < -0.3 is 5.32 Å². The average Bonchev–Trinajstić information content (AvgIpc) is 2.97. The van der Waals surface area contributed by atoms with E-state index in [0.717, 1.165) is 21.1 Å². The predicted octanol–water partition coefficient (Wildman–Crippen LogP) is 2.61. The zero-order valence-electron chi connectivity index (χ0n) is 14.9. The molecule has 0 fully saturated rings. The Kier molecular flexibility index (Phi) is 5.27. The number of nitrogens with one attached hydrogen (secondary N) is 1. The van der Waals surface area contributed by atoms with Crippen molar-refractivity contribution < 1.29 is 4.79 Å². The molecule has 0 spiro atoms. The van der Waals surface area contributed by atoms with Crippen LogP contribution in [0, 0.1) is 20.8 Å². The van der Waals surface area contributed by atoms with Gasteiger partial charge in [0.05, 0.1) is 17.9 Å². The van der Waals surface area contributed by atoms with Crippen molar-refractivity contribution in [3.05, 3.63) is 68.6 Å². The molecule has 3 aromatic rings. The van der Waals surface area contributed by atoms with Crippen LogP contribution in [-0.4, -0.2) is 20.7 Å². The molecule has 1 amide bonds. The van der Waals surface area contributed by atoms with E-state index in [-0.39, 0.29) is 18.0 Å². The van der Waals surface area contributed by atoms with Crippen molar-refractivity contribution in [3.8, 4) is 10.6 Å². The molecule has 0 atom stereocenters. The van der Waals surface area contributed by atoms with Crippen molar-refractivity contribution in [1.29, 1.82) is 0 Å². The molecule has 0 bridgehead atoms. The van der Waals surface area contributed by atoms with Crippen LogP contribution in [0.5, 0.6) is 0 Å². The maximum absolute atomic E-state index is 12.2. The summed E-state index contributed by atoms with van der Waals surface area (Å²) in [7, 11) is 0. The van der Waals surface area contributed by atoms with Crippen LogP contribution in [0.2, 0.25) is 0 Å². The molecule has 0 aliphatic carbocycles. The van der Waals surface area contributed by atoms with Crippen LogP contribution in [0.3, 0.4) is 0 Å². The lowest BCUT2D eigenvalue weighted by Crippen LogP contribution is -2.33. The third kappa shape index (κ3) is 4.05. The number of aromatic nitrogens is 3. The molecule has 1 aromatic carbocycles. The van der Waals surface area contributed by atoms with Gasteiger partial charge in [-0.05, 0) is 32.4 Å². The quantitative estimate of drug-likeness (QED) is 0.751. The van der Waals surface area contributed by atoms with E-state index in [1.165, 1.54) is 16.3 Å². The first-order valence-corrected chi connectivity index (χ1v) is 9.09. The van der Waals surface area contributed by atoms with Crippen molar-refractivity contribution in [2.45, 2.75) is 33.9 Å². The normalized spacial score (nSPS) is 10.7. The standard InChI is InChI=1S/C19H20N4O2S/c1-12-6-4-5-7-15(12)19-21-14(3)16(26-19)10-20-17(24)11-23-18(25)9-8-13(2)22-23/h4-9H,10-11H2,1-3H3,(H,20,24). The fraction of sp³-hybridized carbons (Fsp3) is 0.263. The van der Waals surface area contributed by atoms with Gasteiger partial charge in [0, 0.05) is 16.5 Å². The summed E-state index contributed by atoms with van der Waals surface area (Å²) in [4.78, 5) is 29.5. The van der Waals surface area contributed by atoms with Crippen molar-refractivity contribution >= 4 is 17.2 Å². The van der Waals surface area contributed by atoms with E-state index >= 15 is 0 Å². The minimum atomic E-state index is -0.290. The van der Waals surface area contributed by atoms with Crippen molar-refractivity contribution in [3.63, 3.8) is 0 Å². The van der Waals surface area contributed by atoms with Crippen molar-refractivity contribution in [2.24, 2.45) is 0 Å². The number of hydrogen-bond donors (Lipinski definition) is 1. The van der Waals surface area contributed by atoms with Crippen LogP contribution in [0.4, 0.5) is 0 Å².